The lowest BCUT2D eigenvalue weighted by Gasteiger charge is -2.26. The molecule has 3 aromatic rings. The molecule has 0 bridgehead atoms. The van der Waals surface area contributed by atoms with Gasteiger partial charge in [-0.05, 0) is 36.8 Å². The number of anilines is 1. The molecule has 9 nitrogen and oxygen atoms in total. The van der Waals surface area contributed by atoms with Gasteiger partial charge in [-0.2, -0.15) is 0 Å². The number of aryl methyl sites for hydroxylation is 1. The molecule has 30 heavy (non-hydrogen) atoms. The van der Waals surface area contributed by atoms with E-state index in [2.05, 4.69) is 10.3 Å². The van der Waals surface area contributed by atoms with E-state index >= 15 is 0 Å². The van der Waals surface area contributed by atoms with E-state index in [1.54, 1.807) is 43.5 Å². The van der Waals surface area contributed by atoms with E-state index in [-0.39, 0.29) is 5.58 Å². The maximum atomic E-state index is 12.5. The molecule has 0 aliphatic heterocycles. The Labute approximate surface area is 171 Å². The Morgan fingerprint density at radius 1 is 1.17 bits per heavy atom. The van der Waals surface area contributed by atoms with Crippen molar-refractivity contribution >= 4 is 22.9 Å². The molecule has 0 aliphatic carbocycles. The molecule has 0 spiro atoms. The first-order chi connectivity index (χ1) is 14.4. The summed E-state index contributed by atoms with van der Waals surface area (Å²) >= 11 is 0. The zero-order chi connectivity index (χ0) is 21.8. The van der Waals surface area contributed by atoms with Crippen LogP contribution in [0.3, 0.4) is 0 Å². The van der Waals surface area contributed by atoms with Crippen LogP contribution in [0.15, 0.2) is 51.8 Å². The third-order valence-electron chi connectivity index (χ3n) is 4.87. The van der Waals surface area contributed by atoms with Crippen molar-refractivity contribution in [1.82, 2.24) is 4.98 Å². The van der Waals surface area contributed by atoms with Crippen LogP contribution in [-0.4, -0.2) is 62.7 Å². The van der Waals surface area contributed by atoms with Crippen LogP contribution in [0.4, 0.5) is 5.69 Å². The number of aliphatic hydroxyl groups is 4. The highest BCUT2D eigenvalue weighted by atomic mass is 16.4. The zero-order valence-corrected chi connectivity index (χ0v) is 16.1. The van der Waals surface area contributed by atoms with Crippen molar-refractivity contribution in [2.24, 2.45) is 0 Å². The molecule has 0 fully saturated rings. The molecule has 2 heterocycles. The first-order valence-corrected chi connectivity index (χ1v) is 9.23. The molecule has 9 heteroatoms. The van der Waals surface area contributed by atoms with Gasteiger partial charge in [0.25, 0.3) is 0 Å². The summed E-state index contributed by atoms with van der Waals surface area (Å²) in [5, 5.41) is 41.7. The molecule has 0 aliphatic rings. The fourth-order valence-corrected chi connectivity index (χ4v) is 3.19. The molecular formula is C21H22N2O7. The van der Waals surface area contributed by atoms with Gasteiger partial charge in [0, 0.05) is 23.3 Å². The van der Waals surface area contributed by atoms with Crippen LogP contribution in [0.1, 0.15) is 5.56 Å². The van der Waals surface area contributed by atoms with Crippen LogP contribution in [0.25, 0.3) is 22.2 Å². The van der Waals surface area contributed by atoms with Gasteiger partial charge in [0.15, 0.2) is 0 Å². The molecule has 0 saturated heterocycles. The Morgan fingerprint density at radius 3 is 2.57 bits per heavy atom. The molecule has 158 valence electrons. The summed E-state index contributed by atoms with van der Waals surface area (Å²) in [5.74, 6) is 0. The number of aromatic nitrogens is 1. The number of pyridine rings is 1. The van der Waals surface area contributed by atoms with Crippen LogP contribution in [0.2, 0.25) is 0 Å². The molecule has 5 N–H and O–H groups in total. The number of fused-ring (bicyclic) bond motifs is 1. The summed E-state index contributed by atoms with van der Waals surface area (Å²) < 4.78 is 5.44. The summed E-state index contributed by atoms with van der Waals surface area (Å²) in [6.07, 6.45) is -3.07. The molecule has 3 rings (SSSR count). The summed E-state index contributed by atoms with van der Waals surface area (Å²) in [6.45, 7) is 1.00. The van der Waals surface area contributed by atoms with Gasteiger partial charge < -0.3 is 35.0 Å². The van der Waals surface area contributed by atoms with Crippen molar-refractivity contribution in [3.63, 3.8) is 0 Å². The summed E-state index contributed by atoms with van der Waals surface area (Å²) in [4.78, 5) is 28.1. The van der Waals surface area contributed by atoms with E-state index < -0.39 is 36.6 Å². The Balaban J connectivity index is 1.94. The average molecular weight is 414 g/mol. The van der Waals surface area contributed by atoms with E-state index in [1.165, 1.54) is 6.07 Å². The predicted molar refractivity (Wildman–Crippen MR) is 109 cm³/mol. The maximum absolute atomic E-state index is 12.5. The van der Waals surface area contributed by atoms with Crippen molar-refractivity contribution in [1.29, 1.82) is 0 Å². The van der Waals surface area contributed by atoms with Gasteiger partial charge in [0.05, 0.1) is 17.9 Å². The smallest absolute Gasteiger partial charge is 0.346 e. The minimum atomic E-state index is -1.74. The predicted octanol–water partition coefficient (Wildman–Crippen LogP) is 0.218. The first kappa shape index (κ1) is 21.6. The Morgan fingerprint density at radius 2 is 1.93 bits per heavy atom. The number of carbonyl (C=O) groups excluding carboxylic acids is 1. The molecular weight excluding hydrogens is 392 g/mol. The highest BCUT2D eigenvalue weighted by molar-refractivity contribution is 5.88. The minimum absolute atomic E-state index is 0.261. The van der Waals surface area contributed by atoms with Gasteiger partial charge in [0.1, 0.15) is 36.2 Å². The number of nitrogens with one attached hydrogen (secondary N) is 1. The number of rotatable bonds is 8. The Hall–Kier alpha value is -3.11. The Bertz CT molecular complexity index is 1080. The number of benzene rings is 1. The number of hydrogen-bond acceptors (Lipinski definition) is 9. The molecule has 2 aromatic heterocycles. The van der Waals surface area contributed by atoms with E-state index in [1.807, 2.05) is 0 Å². The van der Waals surface area contributed by atoms with Crippen molar-refractivity contribution < 1.29 is 29.6 Å². The number of carbonyl (C=O) groups is 1. The van der Waals surface area contributed by atoms with Crippen molar-refractivity contribution in [3.8, 4) is 11.3 Å². The molecule has 4 atom stereocenters. The average Bonchev–Trinajstić information content (AvgIpc) is 2.76. The second-order valence-electron chi connectivity index (χ2n) is 6.85. The van der Waals surface area contributed by atoms with Crippen LogP contribution in [0, 0.1) is 6.92 Å². The molecule has 0 amide bonds. The van der Waals surface area contributed by atoms with Gasteiger partial charge >= 0.3 is 5.63 Å². The highest BCUT2D eigenvalue weighted by Crippen LogP contribution is 2.27. The zero-order valence-electron chi connectivity index (χ0n) is 16.1. The topological polar surface area (TPSA) is 153 Å². The van der Waals surface area contributed by atoms with Crippen LogP contribution in [-0.2, 0) is 4.79 Å². The van der Waals surface area contributed by atoms with E-state index in [9.17, 15) is 24.9 Å². The maximum Gasteiger partial charge on any atom is 0.346 e. The van der Waals surface area contributed by atoms with Gasteiger partial charge in [-0.15, -0.1) is 0 Å². The normalized spacial score (nSPS) is 15.4. The lowest BCUT2D eigenvalue weighted by molar-refractivity contribution is -0.117. The van der Waals surface area contributed by atoms with Crippen molar-refractivity contribution in [2.45, 2.75) is 31.3 Å². The van der Waals surface area contributed by atoms with Gasteiger partial charge in [-0.25, -0.2) is 4.79 Å². The summed E-state index contributed by atoms with van der Waals surface area (Å²) in [6, 6.07) is 8.75. The highest BCUT2D eigenvalue weighted by Gasteiger charge is 2.31. The van der Waals surface area contributed by atoms with Crippen LogP contribution >= 0.6 is 0 Å². The van der Waals surface area contributed by atoms with E-state index in [4.69, 9.17) is 9.52 Å². The molecule has 0 unspecified atom stereocenters. The van der Waals surface area contributed by atoms with Crippen LogP contribution < -0.4 is 10.9 Å². The minimum Gasteiger partial charge on any atom is -0.422 e. The fraction of sp³-hybridized carbons (Fsp3) is 0.286. The SMILES string of the molecule is Cc1c(-c2ccccn2)c(=O)oc2cc(N[C@@H](C=O)[C@@H](O)[C@H](O)[C@H](O)CO)ccc12. The van der Waals surface area contributed by atoms with Crippen LogP contribution in [0.5, 0.6) is 0 Å². The second-order valence-corrected chi connectivity index (χ2v) is 6.85. The fourth-order valence-electron chi connectivity index (χ4n) is 3.19. The van der Waals surface area contributed by atoms with Gasteiger partial charge in [0.2, 0.25) is 0 Å². The summed E-state index contributed by atoms with van der Waals surface area (Å²) in [7, 11) is 0. The third-order valence-corrected chi connectivity index (χ3v) is 4.87. The monoisotopic (exact) mass is 414 g/mol. The van der Waals surface area contributed by atoms with Crippen molar-refractivity contribution in [2.75, 3.05) is 11.9 Å². The lowest BCUT2D eigenvalue weighted by Crippen LogP contribution is -2.49. The number of aliphatic hydroxyl groups excluding tert-OH is 4. The second kappa shape index (κ2) is 9.14. The van der Waals surface area contributed by atoms with Gasteiger partial charge in [-0.3, -0.25) is 4.98 Å². The molecule has 1 aromatic carbocycles. The molecule has 0 saturated carbocycles. The standard InChI is InChI=1S/C21H22N2O7/c1-11-13-6-5-12(23-15(9-24)19(27)20(28)16(26)10-25)8-17(13)30-21(29)18(11)14-4-2-3-7-22-14/h2-9,15-16,19-20,23,25-28H,10H2,1H3/t15-,16+,19+,20+/m0/s1. The van der Waals surface area contributed by atoms with E-state index in [0.29, 0.717) is 34.2 Å². The van der Waals surface area contributed by atoms with Crippen molar-refractivity contribution in [3.05, 3.63) is 58.6 Å². The number of nitrogens with zero attached hydrogens (tertiary/aromatic N) is 1. The van der Waals surface area contributed by atoms with E-state index in [0.717, 1.165) is 0 Å². The lowest BCUT2D eigenvalue weighted by atomic mass is 10.0. The third kappa shape index (κ3) is 4.24. The number of aldehydes is 1. The quantitative estimate of drug-likeness (QED) is 0.257. The molecule has 0 radical (unpaired) electrons. The number of hydrogen-bond donors (Lipinski definition) is 5. The van der Waals surface area contributed by atoms with Gasteiger partial charge in [-0.1, -0.05) is 6.07 Å². The first-order valence-electron chi connectivity index (χ1n) is 9.23. The Kier molecular flexibility index (Phi) is 6.58. The summed E-state index contributed by atoms with van der Waals surface area (Å²) in [5.41, 5.74) is 1.57. The largest absolute Gasteiger partial charge is 0.422 e.